The smallest absolute Gasteiger partial charge is 0.229 e. The van der Waals surface area contributed by atoms with Crippen molar-refractivity contribution >= 4 is 39.1 Å². The van der Waals surface area contributed by atoms with Gasteiger partial charge in [0.25, 0.3) is 0 Å². The van der Waals surface area contributed by atoms with Gasteiger partial charge in [0.1, 0.15) is 0 Å². The Morgan fingerprint density at radius 3 is 2.87 bits per heavy atom. The van der Waals surface area contributed by atoms with Crippen molar-refractivity contribution in [3.63, 3.8) is 0 Å². The minimum atomic E-state index is -0.470. The van der Waals surface area contributed by atoms with E-state index in [9.17, 15) is 14.7 Å². The van der Waals surface area contributed by atoms with Crippen molar-refractivity contribution in [3.05, 3.63) is 47.2 Å². The number of nitrogens with one attached hydrogen (secondary N) is 1. The quantitative estimate of drug-likeness (QED) is 0.863. The van der Waals surface area contributed by atoms with E-state index in [0.717, 1.165) is 10.2 Å². The van der Waals surface area contributed by atoms with E-state index >= 15 is 0 Å². The molecule has 1 saturated heterocycles. The molecule has 1 aliphatic heterocycles. The Kier molecular flexibility index (Phi) is 4.29. The molecule has 3 rings (SSSR count). The van der Waals surface area contributed by atoms with Crippen molar-refractivity contribution in [1.82, 2.24) is 4.98 Å². The minimum Gasteiger partial charge on any atom is -0.504 e. The molecule has 118 valence electrons. The van der Waals surface area contributed by atoms with Crippen molar-refractivity contribution in [2.45, 2.75) is 6.42 Å². The third-order valence-corrected chi connectivity index (χ3v) is 4.37. The monoisotopic (exact) mass is 375 g/mol. The van der Waals surface area contributed by atoms with E-state index in [0.29, 0.717) is 6.54 Å². The number of halogens is 1. The number of pyridine rings is 1. The van der Waals surface area contributed by atoms with Crippen LogP contribution >= 0.6 is 15.9 Å². The number of carbonyl (C=O) groups is 2. The second kappa shape index (κ2) is 6.37. The van der Waals surface area contributed by atoms with Gasteiger partial charge in [-0.05, 0) is 34.1 Å². The van der Waals surface area contributed by atoms with Crippen molar-refractivity contribution < 1.29 is 14.7 Å². The third kappa shape index (κ3) is 3.19. The number of carbonyl (C=O) groups excluding carboxylic acids is 2. The molecule has 0 aliphatic carbocycles. The molecule has 6 nitrogen and oxygen atoms in total. The lowest BCUT2D eigenvalue weighted by Crippen LogP contribution is -2.28. The lowest BCUT2D eigenvalue weighted by Gasteiger charge is -2.18. The highest BCUT2D eigenvalue weighted by molar-refractivity contribution is 9.10. The molecule has 23 heavy (non-hydrogen) atoms. The molecule has 7 heteroatoms. The number of anilines is 2. The van der Waals surface area contributed by atoms with Crippen molar-refractivity contribution in [3.8, 4) is 5.75 Å². The maximum atomic E-state index is 12.3. The molecular weight excluding hydrogens is 362 g/mol. The summed E-state index contributed by atoms with van der Waals surface area (Å²) in [5.41, 5.74) is 1.04. The largest absolute Gasteiger partial charge is 0.504 e. The first-order valence-electron chi connectivity index (χ1n) is 7.05. The fraction of sp³-hybridized carbons (Fsp3) is 0.188. The highest BCUT2D eigenvalue weighted by atomic mass is 79.9. The standard InChI is InChI=1S/C16H14BrN3O3/c17-11-3-1-2-4-13(11)20-9-10(7-15(20)22)16(23)19-12-5-6-18-8-14(12)21/h1-6,8,10,21H,7,9H2,(H,18,19,23)/t10-/m1/s1. The first-order valence-corrected chi connectivity index (χ1v) is 7.84. The van der Waals surface area contributed by atoms with Crippen LogP contribution in [0.3, 0.4) is 0 Å². The number of aromatic hydroxyl groups is 1. The Balaban J connectivity index is 1.74. The summed E-state index contributed by atoms with van der Waals surface area (Å²) < 4.78 is 0.807. The van der Waals surface area contributed by atoms with Crippen LogP contribution in [0.4, 0.5) is 11.4 Å². The van der Waals surface area contributed by atoms with Gasteiger partial charge in [-0.25, -0.2) is 0 Å². The molecule has 0 radical (unpaired) electrons. The van der Waals surface area contributed by atoms with Crippen molar-refractivity contribution in [2.75, 3.05) is 16.8 Å². The average molecular weight is 376 g/mol. The number of hydrogen-bond acceptors (Lipinski definition) is 4. The highest BCUT2D eigenvalue weighted by Gasteiger charge is 2.36. The molecule has 2 N–H and O–H groups in total. The molecule has 0 bridgehead atoms. The summed E-state index contributed by atoms with van der Waals surface area (Å²) in [7, 11) is 0. The van der Waals surface area contributed by atoms with Crippen molar-refractivity contribution in [2.24, 2.45) is 5.92 Å². The summed E-state index contributed by atoms with van der Waals surface area (Å²) in [6.45, 7) is 0.305. The lowest BCUT2D eigenvalue weighted by molar-refractivity contribution is -0.122. The van der Waals surface area contributed by atoms with Gasteiger partial charge < -0.3 is 15.3 Å². The first-order chi connectivity index (χ1) is 11.1. The molecule has 1 aromatic heterocycles. The molecule has 2 heterocycles. The Hall–Kier alpha value is -2.41. The molecule has 0 saturated carbocycles. The summed E-state index contributed by atoms with van der Waals surface area (Å²) in [6.07, 6.45) is 2.87. The Bertz CT molecular complexity index is 766. The number of benzene rings is 1. The molecule has 1 fully saturated rings. The van der Waals surface area contributed by atoms with E-state index in [2.05, 4.69) is 26.2 Å². The molecular formula is C16H14BrN3O3. The van der Waals surface area contributed by atoms with Crippen LogP contribution in [0.5, 0.6) is 5.75 Å². The van der Waals surface area contributed by atoms with Crippen LogP contribution in [0.15, 0.2) is 47.2 Å². The van der Waals surface area contributed by atoms with Crippen LogP contribution < -0.4 is 10.2 Å². The van der Waals surface area contributed by atoms with Crippen LogP contribution in [-0.2, 0) is 9.59 Å². The third-order valence-electron chi connectivity index (χ3n) is 3.70. The van der Waals surface area contributed by atoms with Crippen LogP contribution in [0.25, 0.3) is 0 Å². The van der Waals surface area contributed by atoms with E-state index < -0.39 is 5.92 Å². The summed E-state index contributed by atoms with van der Waals surface area (Å²) >= 11 is 3.42. The van der Waals surface area contributed by atoms with Gasteiger partial charge >= 0.3 is 0 Å². The van der Waals surface area contributed by atoms with Gasteiger partial charge in [-0.1, -0.05) is 12.1 Å². The molecule has 2 aromatic rings. The summed E-state index contributed by atoms with van der Waals surface area (Å²) in [5.74, 6) is -0.972. The zero-order valence-corrected chi connectivity index (χ0v) is 13.7. The summed E-state index contributed by atoms with van der Waals surface area (Å²) in [6, 6.07) is 8.90. The zero-order valence-electron chi connectivity index (χ0n) is 12.1. The van der Waals surface area contributed by atoms with E-state index in [1.807, 2.05) is 24.3 Å². The number of nitrogens with zero attached hydrogens (tertiary/aromatic N) is 2. The van der Waals surface area contributed by atoms with Gasteiger partial charge in [0.05, 0.1) is 23.5 Å². The number of aromatic nitrogens is 1. The predicted molar refractivity (Wildman–Crippen MR) is 89.1 cm³/mol. The van der Waals surface area contributed by atoms with Crippen LogP contribution in [-0.4, -0.2) is 28.4 Å². The summed E-state index contributed by atoms with van der Waals surface area (Å²) in [4.78, 5) is 29.9. The van der Waals surface area contributed by atoms with E-state index in [1.54, 1.807) is 4.90 Å². The fourth-order valence-corrected chi connectivity index (χ4v) is 3.01. The Morgan fingerprint density at radius 2 is 2.13 bits per heavy atom. The molecule has 1 aliphatic rings. The van der Waals surface area contributed by atoms with Crippen LogP contribution in [0, 0.1) is 5.92 Å². The molecule has 0 unspecified atom stereocenters. The van der Waals surface area contributed by atoms with E-state index in [1.165, 1.54) is 18.5 Å². The van der Waals surface area contributed by atoms with Gasteiger partial charge in [0.15, 0.2) is 5.75 Å². The summed E-state index contributed by atoms with van der Waals surface area (Å²) in [5, 5.41) is 12.3. The second-order valence-corrected chi connectivity index (χ2v) is 6.09. The first kappa shape index (κ1) is 15.5. The van der Waals surface area contributed by atoms with Crippen molar-refractivity contribution in [1.29, 1.82) is 0 Å². The molecule has 1 aromatic carbocycles. The van der Waals surface area contributed by atoms with Gasteiger partial charge in [0, 0.05) is 23.6 Å². The Labute approximate surface area is 141 Å². The zero-order chi connectivity index (χ0) is 16.4. The van der Waals surface area contributed by atoms with Crippen LogP contribution in [0.2, 0.25) is 0 Å². The number of para-hydroxylation sites is 1. The molecule has 0 spiro atoms. The van der Waals surface area contributed by atoms with E-state index in [-0.39, 0.29) is 29.7 Å². The maximum Gasteiger partial charge on any atom is 0.229 e. The lowest BCUT2D eigenvalue weighted by atomic mass is 10.1. The molecule has 2 amide bonds. The second-order valence-electron chi connectivity index (χ2n) is 5.24. The maximum absolute atomic E-state index is 12.3. The van der Waals surface area contributed by atoms with Gasteiger partial charge in [0.2, 0.25) is 11.8 Å². The van der Waals surface area contributed by atoms with Gasteiger partial charge in [-0.15, -0.1) is 0 Å². The SMILES string of the molecule is O=C(Nc1ccncc1O)[C@@H]1CC(=O)N(c2ccccc2Br)C1. The number of amides is 2. The van der Waals surface area contributed by atoms with Gasteiger partial charge in [-0.3, -0.25) is 14.6 Å². The van der Waals surface area contributed by atoms with E-state index in [4.69, 9.17) is 0 Å². The number of hydrogen-bond donors (Lipinski definition) is 2. The predicted octanol–water partition coefficient (Wildman–Crippen LogP) is 2.54. The average Bonchev–Trinajstić information content (AvgIpc) is 2.92. The number of rotatable bonds is 3. The Morgan fingerprint density at radius 1 is 1.35 bits per heavy atom. The van der Waals surface area contributed by atoms with Gasteiger partial charge in [-0.2, -0.15) is 0 Å². The normalized spacial score (nSPS) is 17.3. The highest BCUT2D eigenvalue weighted by Crippen LogP contribution is 2.32. The molecule has 1 atom stereocenters. The van der Waals surface area contributed by atoms with Crippen LogP contribution in [0.1, 0.15) is 6.42 Å². The fourth-order valence-electron chi connectivity index (χ4n) is 2.51. The minimum absolute atomic E-state index is 0.101. The topological polar surface area (TPSA) is 82.5 Å².